The highest BCUT2D eigenvalue weighted by atomic mass is 16.2. The number of carbonyl (C=O) groups excluding carboxylic acids is 2. The van der Waals surface area contributed by atoms with E-state index in [1.54, 1.807) is 11.0 Å². The van der Waals surface area contributed by atoms with Gasteiger partial charge in [-0.15, -0.1) is 6.58 Å². The molecular formula is C10H16N2O2. The van der Waals surface area contributed by atoms with Gasteiger partial charge in [0.1, 0.15) is 6.04 Å². The first-order valence-electron chi connectivity index (χ1n) is 4.88. The average Bonchev–Trinajstić information content (AvgIpc) is 2.31. The molecule has 1 fully saturated rings. The highest BCUT2D eigenvalue weighted by Crippen LogP contribution is 2.05. The molecule has 1 N–H and O–H groups in total. The summed E-state index contributed by atoms with van der Waals surface area (Å²) in [6.07, 6.45) is 2.70. The maximum atomic E-state index is 11.8. The van der Waals surface area contributed by atoms with Crippen molar-refractivity contribution in [1.82, 2.24) is 10.2 Å². The van der Waals surface area contributed by atoms with Crippen LogP contribution in [-0.4, -0.2) is 35.8 Å². The second-order valence-corrected chi connectivity index (χ2v) is 3.35. The molecule has 2 amide bonds. The minimum Gasteiger partial charge on any atom is -0.344 e. The molecule has 1 aliphatic heterocycles. The Morgan fingerprint density at radius 2 is 2.36 bits per heavy atom. The van der Waals surface area contributed by atoms with E-state index in [1.807, 2.05) is 6.92 Å². The summed E-state index contributed by atoms with van der Waals surface area (Å²) < 4.78 is 0. The van der Waals surface area contributed by atoms with Crippen LogP contribution < -0.4 is 5.32 Å². The fraction of sp³-hybridized carbons (Fsp3) is 0.600. The first-order valence-corrected chi connectivity index (χ1v) is 4.88. The van der Waals surface area contributed by atoms with E-state index in [4.69, 9.17) is 0 Å². The second-order valence-electron chi connectivity index (χ2n) is 3.35. The van der Waals surface area contributed by atoms with E-state index in [0.29, 0.717) is 25.9 Å². The molecule has 0 saturated carbocycles. The van der Waals surface area contributed by atoms with Crippen molar-refractivity contribution in [3.8, 4) is 0 Å². The van der Waals surface area contributed by atoms with E-state index in [0.717, 1.165) is 0 Å². The summed E-state index contributed by atoms with van der Waals surface area (Å²) >= 11 is 0. The zero-order valence-corrected chi connectivity index (χ0v) is 8.45. The lowest BCUT2D eigenvalue weighted by molar-refractivity contribution is -0.133. The van der Waals surface area contributed by atoms with Gasteiger partial charge in [-0.1, -0.05) is 13.0 Å². The topological polar surface area (TPSA) is 49.4 Å². The van der Waals surface area contributed by atoms with Crippen molar-refractivity contribution >= 4 is 11.8 Å². The quantitative estimate of drug-likeness (QED) is 0.660. The molecule has 0 spiro atoms. The van der Waals surface area contributed by atoms with Gasteiger partial charge in [-0.25, -0.2) is 0 Å². The zero-order chi connectivity index (χ0) is 10.6. The van der Waals surface area contributed by atoms with Gasteiger partial charge in [0.05, 0.1) is 0 Å². The molecule has 4 nitrogen and oxygen atoms in total. The molecule has 78 valence electrons. The van der Waals surface area contributed by atoms with Crippen molar-refractivity contribution < 1.29 is 9.59 Å². The third-order valence-electron chi connectivity index (χ3n) is 2.31. The molecule has 1 saturated heterocycles. The van der Waals surface area contributed by atoms with E-state index < -0.39 is 0 Å². The van der Waals surface area contributed by atoms with Crippen LogP contribution in [-0.2, 0) is 9.59 Å². The highest BCUT2D eigenvalue weighted by Gasteiger charge is 2.27. The number of rotatable bonds is 3. The third kappa shape index (κ3) is 2.34. The Bertz CT molecular complexity index is 251. The van der Waals surface area contributed by atoms with Crippen molar-refractivity contribution in [3.63, 3.8) is 0 Å². The van der Waals surface area contributed by atoms with Crippen molar-refractivity contribution in [1.29, 1.82) is 0 Å². The Labute approximate surface area is 84.0 Å². The summed E-state index contributed by atoms with van der Waals surface area (Å²) in [6.45, 7) is 6.49. The van der Waals surface area contributed by atoms with Gasteiger partial charge in [0.15, 0.2) is 0 Å². The highest BCUT2D eigenvalue weighted by molar-refractivity contribution is 5.89. The van der Waals surface area contributed by atoms with Gasteiger partial charge < -0.3 is 10.2 Å². The second kappa shape index (κ2) is 4.79. The fourth-order valence-electron chi connectivity index (χ4n) is 1.51. The minimum atomic E-state index is -0.357. The lowest BCUT2D eigenvalue weighted by Gasteiger charge is -2.21. The summed E-state index contributed by atoms with van der Waals surface area (Å²) in [5.41, 5.74) is 0. The van der Waals surface area contributed by atoms with Crippen LogP contribution in [0.2, 0.25) is 0 Å². The Kier molecular flexibility index (Phi) is 3.68. The molecule has 1 aliphatic rings. The number of hydrogen-bond acceptors (Lipinski definition) is 2. The first kappa shape index (κ1) is 10.8. The van der Waals surface area contributed by atoms with Gasteiger partial charge >= 0.3 is 0 Å². The summed E-state index contributed by atoms with van der Waals surface area (Å²) in [7, 11) is 0. The predicted molar refractivity (Wildman–Crippen MR) is 53.6 cm³/mol. The van der Waals surface area contributed by atoms with Gasteiger partial charge in [-0.3, -0.25) is 9.59 Å². The van der Waals surface area contributed by atoms with E-state index in [9.17, 15) is 9.59 Å². The molecule has 0 aromatic heterocycles. The Morgan fingerprint density at radius 3 is 2.93 bits per heavy atom. The van der Waals surface area contributed by atoms with Crippen molar-refractivity contribution in [3.05, 3.63) is 12.7 Å². The molecule has 0 aromatic rings. The summed E-state index contributed by atoms with van der Waals surface area (Å²) in [4.78, 5) is 24.7. The molecule has 0 aromatic carbocycles. The number of amides is 2. The molecule has 4 heteroatoms. The van der Waals surface area contributed by atoms with Gasteiger partial charge in [-0.2, -0.15) is 0 Å². The SMILES string of the molecule is C=CCN1CCC(=O)NC(CC)C1=O. The Balaban J connectivity index is 2.73. The predicted octanol–water partition coefficient (Wildman–Crippen LogP) is 0.299. The largest absolute Gasteiger partial charge is 0.344 e. The monoisotopic (exact) mass is 196 g/mol. The molecule has 1 heterocycles. The molecule has 1 unspecified atom stereocenters. The maximum absolute atomic E-state index is 11.8. The van der Waals surface area contributed by atoms with Crippen molar-refractivity contribution in [2.24, 2.45) is 0 Å². The molecule has 0 radical (unpaired) electrons. The zero-order valence-electron chi connectivity index (χ0n) is 8.45. The minimum absolute atomic E-state index is 0.00162. The van der Waals surface area contributed by atoms with Crippen molar-refractivity contribution in [2.75, 3.05) is 13.1 Å². The van der Waals surface area contributed by atoms with Crippen LogP contribution in [0.25, 0.3) is 0 Å². The molecule has 1 rings (SSSR count). The van der Waals surface area contributed by atoms with Crippen LogP contribution in [0.4, 0.5) is 0 Å². The number of nitrogens with one attached hydrogen (secondary N) is 1. The van der Waals surface area contributed by atoms with Gasteiger partial charge in [0, 0.05) is 19.5 Å². The van der Waals surface area contributed by atoms with E-state index >= 15 is 0 Å². The standard InChI is InChI=1S/C10H16N2O2/c1-3-6-12-7-5-9(13)11-8(4-2)10(12)14/h3,8H,1,4-7H2,2H3,(H,11,13). The van der Waals surface area contributed by atoms with E-state index in [-0.39, 0.29) is 17.9 Å². The normalized spacial score (nSPS) is 22.9. The molecule has 0 aliphatic carbocycles. The smallest absolute Gasteiger partial charge is 0.245 e. The van der Waals surface area contributed by atoms with Gasteiger partial charge in [-0.05, 0) is 6.42 Å². The Morgan fingerprint density at radius 1 is 1.64 bits per heavy atom. The summed E-state index contributed by atoms with van der Waals surface area (Å²) in [5.74, 6) is -0.0463. The fourth-order valence-corrected chi connectivity index (χ4v) is 1.51. The van der Waals surface area contributed by atoms with Gasteiger partial charge in [0.2, 0.25) is 11.8 Å². The lowest BCUT2D eigenvalue weighted by Crippen LogP contribution is -2.44. The number of carbonyl (C=O) groups is 2. The summed E-state index contributed by atoms with van der Waals surface area (Å²) in [5, 5.41) is 2.70. The first-order chi connectivity index (χ1) is 6.69. The molecule has 0 bridgehead atoms. The molecular weight excluding hydrogens is 180 g/mol. The average molecular weight is 196 g/mol. The van der Waals surface area contributed by atoms with Crippen LogP contribution >= 0.6 is 0 Å². The summed E-state index contributed by atoms with van der Waals surface area (Å²) in [6, 6.07) is -0.357. The van der Waals surface area contributed by atoms with Crippen LogP contribution in [0.15, 0.2) is 12.7 Å². The van der Waals surface area contributed by atoms with E-state index in [2.05, 4.69) is 11.9 Å². The lowest BCUT2D eigenvalue weighted by atomic mass is 10.2. The Hall–Kier alpha value is -1.32. The van der Waals surface area contributed by atoms with Crippen LogP contribution in [0.1, 0.15) is 19.8 Å². The third-order valence-corrected chi connectivity index (χ3v) is 2.31. The number of nitrogens with zero attached hydrogens (tertiary/aromatic N) is 1. The number of hydrogen-bond donors (Lipinski definition) is 1. The van der Waals surface area contributed by atoms with Crippen LogP contribution in [0, 0.1) is 0 Å². The molecule has 14 heavy (non-hydrogen) atoms. The van der Waals surface area contributed by atoms with Gasteiger partial charge in [0.25, 0.3) is 0 Å². The van der Waals surface area contributed by atoms with E-state index in [1.165, 1.54) is 0 Å². The molecule has 1 atom stereocenters. The van der Waals surface area contributed by atoms with Crippen LogP contribution in [0.3, 0.4) is 0 Å². The maximum Gasteiger partial charge on any atom is 0.245 e. The van der Waals surface area contributed by atoms with Crippen molar-refractivity contribution in [2.45, 2.75) is 25.8 Å². The van der Waals surface area contributed by atoms with Crippen LogP contribution in [0.5, 0.6) is 0 Å².